The molecule has 37 heavy (non-hydrogen) atoms. The minimum atomic E-state index is -0.685. The van der Waals surface area contributed by atoms with Crippen LogP contribution >= 0.6 is 11.6 Å². The van der Waals surface area contributed by atoms with Crippen LogP contribution in [0.2, 0.25) is 5.02 Å². The van der Waals surface area contributed by atoms with E-state index in [1.165, 1.54) is 13.3 Å². The second kappa shape index (κ2) is 12.9. The van der Waals surface area contributed by atoms with Crippen LogP contribution in [0.25, 0.3) is 22.0 Å². The number of methoxy groups -OCH3 is 2. The fourth-order valence-electron chi connectivity index (χ4n) is 3.89. The van der Waals surface area contributed by atoms with Crippen molar-refractivity contribution in [3.63, 3.8) is 0 Å². The SMILES string of the molecule is CC.CCOC(=O)c1cnc(-c2cccc3cccc(Cl)c23)c(F)c1NCc1ccc(OC)cc1OC. The Balaban J connectivity index is 0.00000186. The van der Waals surface area contributed by atoms with E-state index in [1.807, 2.05) is 38.1 Å². The van der Waals surface area contributed by atoms with Crippen LogP contribution in [0.3, 0.4) is 0 Å². The summed E-state index contributed by atoms with van der Waals surface area (Å²) < 4.78 is 31.9. The van der Waals surface area contributed by atoms with Gasteiger partial charge in [-0.3, -0.25) is 4.98 Å². The van der Waals surface area contributed by atoms with Gasteiger partial charge in [0, 0.05) is 40.3 Å². The van der Waals surface area contributed by atoms with E-state index < -0.39 is 11.8 Å². The van der Waals surface area contributed by atoms with Crippen molar-refractivity contribution < 1.29 is 23.4 Å². The van der Waals surface area contributed by atoms with Crippen LogP contribution in [0.15, 0.2) is 60.8 Å². The molecule has 6 nitrogen and oxygen atoms in total. The summed E-state index contributed by atoms with van der Waals surface area (Å²) >= 11 is 6.46. The minimum absolute atomic E-state index is 0.00749. The molecule has 4 rings (SSSR count). The van der Waals surface area contributed by atoms with Crippen molar-refractivity contribution in [3.05, 3.63) is 82.8 Å². The molecule has 0 amide bonds. The molecule has 0 aliphatic carbocycles. The molecule has 0 unspecified atom stereocenters. The van der Waals surface area contributed by atoms with Crippen LogP contribution in [0.5, 0.6) is 11.5 Å². The first kappa shape index (κ1) is 27.7. The van der Waals surface area contributed by atoms with Crippen molar-refractivity contribution in [1.29, 1.82) is 0 Å². The molecule has 0 saturated carbocycles. The minimum Gasteiger partial charge on any atom is -0.497 e. The molecule has 0 saturated heterocycles. The Morgan fingerprint density at radius 1 is 1.05 bits per heavy atom. The smallest absolute Gasteiger partial charge is 0.341 e. The Labute approximate surface area is 221 Å². The van der Waals surface area contributed by atoms with E-state index in [4.69, 9.17) is 25.8 Å². The lowest BCUT2D eigenvalue weighted by atomic mass is 10.00. The highest BCUT2D eigenvalue weighted by molar-refractivity contribution is 6.36. The summed E-state index contributed by atoms with van der Waals surface area (Å²) in [4.78, 5) is 16.9. The molecule has 0 radical (unpaired) electrons. The van der Waals surface area contributed by atoms with Gasteiger partial charge in [0.05, 0.1) is 26.5 Å². The van der Waals surface area contributed by atoms with Gasteiger partial charge in [0.2, 0.25) is 0 Å². The van der Waals surface area contributed by atoms with E-state index in [9.17, 15) is 4.79 Å². The first-order valence-electron chi connectivity index (χ1n) is 12.0. The molecule has 0 spiro atoms. The maximum atomic E-state index is 16.1. The fourth-order valence-corrected chi connectivity index (χ4v) is 4.17. The zero-order chi connectivity index (χ0) is 26.9. The Bertz CT molecular complexity index is 1390. The number of ether oxygens (including phenoxy) is 3. The summed E-state index contributed by atoms with van der Waals surface area (Å²) in [6.45, 7) is 6.01. The van der Waals surface area contributed by atoms with Crippen LogP contribution in [0.1, 0.15) is 36.7 Å². The number of carbonyl (C=O) groups excluding carboxylic acids is 1. The number of anilines is 1. The Kier molecular flexibility index (Phi) is 9.69. The van der Waals surface area contributed by atoms with E-state index >= 15 is 4.39 Å². The number of hydrogen-bond acceptors (Lipinski definition) is 6. The van der Waals surface area contributed by atoms with Crippen molar-refractivity contribution in [2.24, 2.45) is 0 Å². The van der Waals surface area contributed by atoms with Crippen molar-refractivity contribution in [1.82, 2.24) is 4.98 Å². The molecule has 3 aromatic carbocycles. The van der Waals surface area contributed by atoms with Gasteiger partial charge >= 0.3 is 5.97 Å². The number of halogens is 2. The van der Waals surface area contributed by atoms with Gasteiger partial charge in [-0.2, -0.15) is 0 Å². The second-order valence-electron chi connectivity index (χ2n) is 7.60. The predicted molar refractivity (Wildman–Crippen MR) is 146 cm³/mol. The van der Waals surface area contributed by atoms with Crippen LogP contribution in [-0.4, -0.2) is 31.8 Å². The molecule has 0 bridgehead atoms. The van der Waals surface area contributed by atoms with E-state index in [-0.39, 0.29) is 30.1 Å². The number of fused-ring (bicyclic) bond motifs is 1. The van der Waals surface area contributed by atoms with E-state index in [0.717, 1.165) is 10.9 Å². The summed E-state index contributed by atoms with van der Waals surface area (Å²) in [6.07, 6.45) is 1.32. The molecule has 0 fully saturated rings. The van der Waals surface area contributed by atoms with Gasteiger partial charge in [-0.25, -0.2) is 9.18 Å². The normalized spacial score (nSPS) is 10.4. The highest BCUT2D eigenvalue weighted by atomic mass is 35.5. The van der Waals surface area contributed by atoms with E-state index in [0.29, 0.717) is 27.5 Å². The number of benzene rings is 3. The van der Waals surface area contributed by atoms with Crippen molar-refractivity contribution in [3.8, 4) is 22.8 Å². The standard InChI is InChI=1S/C27H24ClFN2O4.C2H6/c1-4-35-27(32)20-15-31-25(19-9-5-7-16-8-6-10-21(28)23(16)19)24(29)26(20)30-14-17-11-12-18(33-2)13-22(17)34-3;1-2/h5-13,15H,4,14H2,1-3H3,(H,30,31);1-2H3. The number of rotatable bonds is 8. The first-order chi connectivity index (χ1) is 18.0. The lowest BCUT2D eigenvalue weighted by molar-refractivity contribution is 0.0526. The molecule has 1 heterocycles. The molecule has 0 aliphatic heterocycles. The Morgan fingerprint density at radius 3 is 2.46 bits per heavy atom. The second-order valence-corrected chi connectivity index (χ2v) is 8.01. The largest absolute Gasteiger partial charge is 0.497 e. The van der Waals surface area contributed by atoms with Gasteiger partial charge in [-0.1, -0.05) is 55.8 Å². The molecular formula is C29H30ClFN2O4. The lowest BCUT2D eigenvalue weighted by Gasteiger charge is -2.17. The summed E-state index contributed by atoms with van der Waals surface area (Å²) in [5.41, 5.74) is 1.31. The van der Waals surface area contributed by atoms with Crippen molar-refractivity contribution in [2.45, 2.75) is 27.3 Å². The maximum Gasteiger partial charge on any atom is 0.341 e. The van der Waals surface area contributed by atoms with Crippen molar-refractivity contribution >= 4 is 34.0 Å². The zero-order valence-corrected chi connectivity index (χ0v) is 22.3. The number of nitrogens with zero attached hydrogens (tertiary/aromatic N) is 1. The maximum absolute atomic E-state index is 16.1. The van der Waals surface area contributed by atoms with Crippen LogP contribution in [0, 0.1) is 5.82 Å². The fraction of sp³-hybridized carbons (Fsp3) is 0.241. The van der Waals surface area contributed by atoms with Gasteiger partial charge in [0.25, 0.3) is 0 Å². The van der Waals surface area contributed by atoms with Gasteiger partial charge in [-0.05, 0) is 30.5 Å². The van der Waals surface area contributed by atoms with Gasteiger partial charge in [0.1, 0.15) is 22.8 Å². The predicted octanol–water partition coefficient (Wildman–Crippen LogP) is 7.53. The summed E-state index contributed by atoms with van der Waals surface area (Å²) in [5.74, 6) is -0.172. The molecule has 4 aromatic rings. The van der Waals surface area contributed by atoms with Gasteiger partial charge < -0.3 is 19.5 Å². The zero-order valence-electron chi connectivity index (χ0n) is 21.5. The third-order valence-electron chi connectivity index (χ3n) is 5.57. The highest BCUT2D eigenvalue weighted by Gasteiger charge is 2.23. The number of pyridine rings is 1. The highest BCUT2D eigenvalue weighted by Crippen LogP contribution is 2.37. The third kappa shape index (κ3) is 5.94. The van der Waals surface area contributed by atoms with Crippen molar-refractivity contribution in [2.75, 3.05) is 26.1 Å². The molecule has 8 heteroatoms. The average Bonchev–Trinajstić information content (AvgIpc) is 2.93. The monoisotopic (exact) mass is 524 g/mol. The first-order valence-corrected chi connectivity index (χ1v) is 12.3. The quantitative estimate of drug-likeness (QED) is 0.240. The molecule has 0 aliphatic rings. The number of aromatic nitrogens is 1. The topological polar surface area (TPSA) is 69.7 Å². The number of nitrogens with one attached hydrogen (secondary N) is 1. The molecule has 1 N–H and O–H groups in total. The van der Waals surface area contributed by atoms with Gasteiger partial charge in [0.15, 0.2) is 5.82 Å². The molecule has 0 atom stereocenters. The Hall–Kier alpha value is -3.84. The third-order valence-corrected chi connectivity index (χ3v) is 5.89. The van der Waals surface area contributed by atoms with Crippen LogP contribution in [-0.2, 0) is 11.3 Å². The molecule has 1 aromatic heterocycles. The van der Waals surface area contributed by atoms with Crippen LogP contribution < -0.4 is 14.8 Å². The van der Waals surface area contributed by atoms with E-state index in [1.54, 1.807) is 44.4 Å². The Morgan fingerprint density at radius 2 is 1.78 bits per heavy atom. The van der Waals surface area contributed by atoms with Gasteiger partial charge in [-0.15, -0.1) is 0 Å². The number of esters is 1. The average molecular weight is 525 g/mol. The number of carbonyl (C=O) groups is 1. The lowest BCUT2D eigenvalue weighted by Crippen LogP contribution is -2.13. The summed E-state index contributed by atoms with van der Waals surface area (Å²) in [5, 5.41) is 5.06. The van der Waals surface area contributed by atoms with E-state index in [2.05, 4.69) is 10.3 Å². The summed E-state index contributed by atoms with van der Waals surface area (Å²) in [7, 11) is 3.10. The molecular weight excluding hydrogens is 495 g/mol. The number of hydrogen-bond donors (Lipinski definition) is 1. The van der Waals surface area contributed by atoms with Crippen LogP contribution in [0.4, 0.5) is 10.1 Å². The summed E-state index contributed by atoms with van der Waals surface area (Å²) in [6, 6.07) is 16.2. The molecule has 194 valence electrons.